The van der Waals surface area contributed by atoms with Crippen molar-refractivity contribution in [3.63, 3.8) is 0 Å². The van der Waals surface area contributed by atoms with Crippen LogP contribution in [-0.4, -0.2) is 41.5 Å². The SMILES string of the molecule is O=C(O)CN1CC[C@H](C(=O)Nc2cc(F)c(F)c(F)c2)C1. The number of carbonyl (C=O) groups excluding carboxylic acids is 1. The number of aliphatic carboxylic acids is 1. The van der Waals surface area contributed by atoms with Gasteiger partial charge in [-0.2, -0.15) is 0 Å². The van der Waals surface area contributed by atoms with Gasteiger partial charge >= 0.3 is 5.97 Å². The summed E-state index contributed by atoms with van der Waals surface area (Å²) in [6, 6.07) is 1.39. The zero-order valence-electron chi connectivity index (χ0n) is 10.9. The molecule has 114 valence electrons. The lowest BCUT2D eigenvalue weighted by Crippen LogP contribution is -2.30. The maximum atomic E-state index is 13.0. The summed E-state index contributed by atoms with van der Waals surface area (Å²) in [5.41, 5.74) is -0.173. The number of carboxylic acid groups (broad SMARTS) is 1. The van der Waals surface area contributed by atoms with Crippen LogP contribution in [0.4, 0.5) is 18.9 Å². The lowest BCUT2D eigenvalue weighted by Gasteiger charge is -2.13. The topological polar surface area (TPSA) is 69.6 Å². The van der Waals surface area contributed by atoms with Gasteiger partial charge in [0.1, 0.15) is 0 Å². The molecule has 1 atom stereocenters. The number of carbonyl (C=O) groups is 2. The third-order valence-corrected chi connectivity index (χ3v) is 3.25. The number of anilines is 1. The van der Waals surface area contributed by atoms with E-state index in [0.29, 0.717) is 25.1 Å². The Kier molecular flexibility index (Phi) is 4.46. The van der Waals surface area contributed by atoms with Crippen molar-refractivity contribution in [2.24, 2.45) is 5.92 Å². The van der Waals surface area contributed by atoms with Crippen LogP contribution >= 0.6 is 0 Å². The van der Waals surface area contributed by atoms with Crippen LogP contribution in [0.5, 0.6) is 0 Å². The summed E-state index contributed by atoms with van der Waals surface area (Å²) in [5.74, 6) is -6.30. The Hall–Kier alpha value is -2.09. The van der Waals surface area contributed by atoms with Crippen LogP contribution < -0.4 is 5.32 Å². The lowest BCUT2D eigenvalue weighted by molar-refractivity contribution is -0.138. The Morgan fingerprint density at radius 2 is 1.90 bits per heavy atom. The van der Waals surface area contributed by atoms with Gasteiger partial charge in [0.05, 0.1) is 12.5 Å². The van der Waals surface area contributed by atoms with Gasteiger partial charge < -0.3 is 10.4 Å². The summed E-state index contributed by atoms with van der Waals surface area (Å²) in [7, 11) is 0. The molecule has 0 bridgehead atoms. The number of amides is 1. The molecule has 1 aromatic rings. The van der Waals surface area contributed by atoms with Gasteiger partial charge in [0.15, 0.2) is 17.5 Å². The van der Waals surface area contributed by atoms with Crippen molar-refractivity contribution in [1.29, 1.82) is 0 Å². The van der Waals surface area contributed by atoms with Crippen molar-refractivity contribution in [3.05, 3.63) is 29.6 Å². The van der Waals surface area contributed by atoms with Gasteiger partial charge in [0.2, 0.25) is 5.91 Å². The molecule has 1 amide bonds. The highest BCUT2D eigenvalue weighted by Gasteiger charge is 2.29. The molecule has 2 rings (SSSR count). The summed E-state index contributed by atoms with van der Waals surface area (Å²) < 4.78 is 38.9. The number of halogens is 3. The molecule has 0 aliphatic carbocycles. The van der Waals surface area contributed by atoms with Crippen LogP contribution in [-0.2, 0) is 9.59 Å². The first-order valence-electron chi connectivity index (χ1n) is 6.26. The largest absolute Gasteiger partial charge is 0.480 e. The van der Waals surface area contributed by atoms with E-state index in [9.17, 15) is 22.8 Å². The summed E-state index contributed by atoms with van der Waals surface area (Å²) in [4.78, 5) is 24.1. The summed E-state index contributed by atoms with van der Waals surface area (Å²) in [6.07, 6.45) is 0.450. The molecule has 1 aliphatic rings. The molecular formula is C13H13F3N2O3. The number of carboxylic acids is 1. The molecule has 0 aromatic heterocycles. The molecule has 0 radical (unpaired) electrons. The van der Waals surface area contributed by atoms with Crippen molar-refractivity contribution in [2.45, 2.75) is 6.42 Å². The van der Waals surface area contributed by atoms with Gasteiger partial charge in [-0.3, -0.25) is 14.5 Å². The number of nitrogens with zero attached hydrogens (tertiary/aromatic N) is 1. The fraction of sp³-hybridized carbons (Fsp3) is 0.385. The Labute approximate surface area is 118 Å². The first-order chi connectivity index (χ1) is 9.86. The predicted octanol–water partition coefficient (Wildman–Crippen LogP) is 1.45. The third-order valence-electron chi connectivity index (χ3n) is 3.25. The fourth-order valence-electron chi connectivity index (χ4n) is 2.25. The van der Waals surface area contributed by atoms with Gasteiger partial charge in [0, 0.05) is 24.4 Å². The van der Waals surface area contributed by atoms with Crippen LogP contribution in [0.15, 0.2) is 12.1 Å². The normalized spacial score (nSPS) is 18.7. The molecule has 5 nitrogen and oxygen atoms in total. The van der Waals surface area contributed by atoms with E-state index in [1.165, 1.54) is 0 Å². The maximum absolute atomic E-state index is 13.0. The minimum atomic E-state index is -1.60. The van der Waals surface area contributed by atoms with E-state index in [2.05, 4.69) is 5.32 Å². The predicted molar refractivity (Wildman–Crippen MR) is 67.1 cm³/mol. The summed E-state index contributed by atoms with van der Waals surface area (Å²) in [6.45, 7) is 0.546. The number of rotatable bonds is 4. The molecule has 0 saturated carbocycles. The van der Waals surface area contributed by atoms with Crippen LogP contribution in [0, 0.1) is 23.4 Å². The van der Waals surface area contributed by atoms with E-state index in [-0.39, 0.29) is 18.8 Å². The van der Waals surface area contributed by atoms with Crippen LogP contribution in [0.3, 0.4) is 0 Å². The van der Waals surface area contributed by atoms with E-state index in [4.69, 9.17) is 5.11 Å². The fourth-order valence-corrected chi connectivity index (χ4v) is 2.25. The van der Waals surface area contributed by atoms with Crippen molar-refractivity contribution in [1.82, 2.24) is 4.90 Å². The minimum absolute atomic E-state index is 0.163. The number of likely N-dealkylation sites (tertiary alicyclic amines) is 1. The molecule has 1 aliphatic heterocycles. The van der Waals surface area contributed by atoms with E-state index in [1.54, 1.807) is 4.90 Å². The lowest BCUT2D eigenvalue weighted by atomic mass is 10.1. The third kappa shape index (κ3) is 3.72. The Morgan fingerprint density at radius 1 is 1.29 bits per heavy atom. The van der Waals surface area contributed by atoms with Crippen molar-refractivity contribution in [2.75, 3.05) is 25.0 Å². The number of hydrogen-bond donors (Lipinski definition) is 2. The highest BCUT2D eigenvalue weighted by atomic mass is 19.2. The second-order valence-corrected chi connectivity index (χ2v) is 4.86. The minimum Gasteiger partial charge on any atom is -0.480 e. The van der Waals surface area contributed by atoms with E-state index < -0.39 is 35.2 Å². The summed E-state index contributed by atoms with van der Waals surface area (Å²) >= 11 is 0. The second kappa shape index (κ2) is 6.13. The van der Waals surface area contributed by atoms with Crippen molar-refractivity contribution >= 4 is 17.6 Å². The smallest absolute Gasteiger partial charge is 0.317 e. The second-order valence-electron chi connectivity index (χ2n) is 4.86. The Bertz CT molecular complexity index is 557. The molecular weight excluding hydrogens is 289 g/mol. The number of benzene rings is 1. The van der Waals surface area contributed by atoms with Crippen molar-refractivity contribution in [3.8, 4) is 0 Å². The van der Waals surface area contributed by atoms with E-state index in [0.717, 1.165) is 0 Å². The zero-order valence-corrected chi connectivity index (χ0v) is 10.9. The molecule has 1 heterocycles. The van der Waals surface area contributed by atoms with Gasteiger partial charge in [-0.1, -0.05) is 0 Å². The molecule has 21 heavy (non-hydrogen) atoms. The van der Waals surface area contributed by atoms with Gasteiger partial charge in [-0.15, -0.1) is 0 Å². The molecule has 0 unspecified atom stereocenters. The Morgan fingerprint density at radius 3 is 2.48 bits per heavy atom. The van der Waals surface area contributed by atoms with Gasteiger partial charge in [-0.05, 0) is 13.0 Å². The quantitative estimate of drug-likeness (QED) is 0.826. The molecule has 2 N–H and O–H groups in total. The zero-order chi connectivity index (χ0) is 15.6. The highest BCUT2D eigenvalue weighted by Crippen LogP contribution is 2.21. The van der Waals surface area contributed by atoms with Crippen molar-refractivity contribution < 1.29 is 27.9 Å². The molecule has 0 spiro atoms. The monoisotopic (exact) mass is 302 g/mol. The molecule has 1 fully saturated rings. The number of hydrogen-bond acceptors (Lipinski definition) is 3. The average molecular weight is 302 g/mol. The standard InChI is InChI=1S/C13H13F3N2O3/c14-9-3-8(4-10(15)12(9)16)17-13(21)7-1-2-18(5-7)6-11(19)20/h3-4,7H,1-2,5-6H2,(H,17,21)(H,19,20)/t7-/m0/s1. The first kappa shape index (κ1) is 15.3. The van der Waals surface area contributed by atoms with Gasteiger partial charge in [-0.25, -0.2) is 13.2 Å². The molecule has 1 aromatic carbocycles. The van der Waals surface area contributed by atoms with E-state index >= 15 is 0 Å². The highest BCUT2D eigenvalue weighted by molar-refractivity contribution is 5.93. The van der Waals surface area contributed by atoms with Gasteiger partial charge in [0.25, 0.3) is 0 Å². The number of nitrogens with one attached hydrogen (secondary N) is 1. The Balaban J connectivity index is 1.98. The van der Waals surface area contributed by atoms with Crippen LogP contribution in [0.1, 0.15) is 6.42 Å². The average Bonchev–Trinajstić information content (AvgIpc) is 2.83. The molecule has 1 saturated heterocycles. The van der Waals surface area contributed by atoms with Crippen LogP contribution in [0.2, 0.25) is 0 Å². The van der Waals surface area contributed by atoms with Crippen LogP contribution in [0.25, 0.3) is 0 Å². The molecule has 8 heteroatoms. The maximum Gasteiger partial charge on any atom is 0.317 e. The first-order valence-corrected chi connectivity index (χ1v) is 6.26. The summed E-state index contributed by atoms with van der Waals surface area (Å²) in [5, 5.41) is 11.0. The van der Waals surface area contributed by atoms with E-state index in [1.807, 2.05) is 0 Å².